The molecule has 2 rings (SSSR count). The number of pyridine rings is 1. The zero-order valence-electron chi connectivity index (χ0n) is 10.9. The van der Waals surface area contributed by atoms with Crippen molar-refractivity contribution in [1.82, 2.24) is 14.8 Å². The molecule has 2 aromatic rings. The van der Waals surface area contributed by atoms with Gasteiger partial charge in [0, 0.05) is 18.8 Å². The molecule has 0 saturated heterocycles. The zero-order valence-corrected chi connectivity index (χ0v) is 11.7. The molecule has 0 unspecified atom stereocenters. The quantitative estimate of drug-likeness (QED) is 0.921. The van der Waals surface area contributed by atoms with Gasteiger partial charge in [0.1, 0.15) is 0 Å². The molecule has 0 aliphatic heterocycles. The van der Waals surface area contributed by atoms with E-state index in [1.807, 2.05) is 26.8 Å². The maximum absolute atomic E-state index is 12.1. The fourth-order valence-corrected chi connectivity index (χ4v) is 2.43. The van der Waals surface area contributed by atoms with Gasteiger partial charge in [-0.05, 0) is 32.9 Å². The van der Waals surface area contributed by atoms with Crippen LogP contribution in [0.2, 0.25) is 0 Å². The second-order valence-corrected chi connectivity index (χ2v) is 5.44. The zero-order chi connectivity index (χ0) is 13.3. The van der Waals surface area contributed by atoms with Crippen LogP contribution in [0.4, 0.5) is 5.13 Å². The Morgan fingerprint density at radius 2 is 2.06 bits per heavy atom. The van der Waals surface area contributed by atoms with Crippen LogP contribution in [0.3, 0.4) is 0 Å². The van der Waals surface area contributed by atoms with Crippen molar-refractivity contribution in [2.75, 3.05) is 5.32 Å². The SMILES string of the molecule is Cc1ccc(-c2nnc(NC(C)C)s2)c(=O)n1C. The lowest BCUT2D eigenvalue weighted by Gasteiger charge is -2.04. The van der Waals surface area contributed by atoms with Crippen LogP contribution in [0.15, 0.2) is 16.9 Å². The molecule has 0 amide bonds. The van der Waals surface area contributed by atoms with Crippen molar-refractivity contribution in [3.05, 3.63) is 28.2 Å². The molecule has 0 aromatic carbocycles. The summed E-state index contributed by atoms with van der Waals surface area (Å²) in [5, 5.41) is 12.7. The smallest absolute Gasteiger partial charge is 0.260 e. The lowest BCUT2D eigenvalue weighted by atomic mass is 10.2. The van der Waals surface area contributed by atoms with Crippen molar-refractivity contribution in [3.63, 3.8) is 0 Å². The average Bonchev–Trinajstić information content (AvgIpc) is 2.73. The number of aromatic nitrogens is 3. The molecule has 0 atom stereocenters. The Bertz CT molecular complexity index is 615. The molecule has 18 heavy (non-hydrogen) atoms. The molecule has 2 heterocycles. The fourth-order valence-electron chi connectivity index (χ4n) is 1.53. The predicted octanol–water partition coefficient (Wildman–Crippen LogP) is 2.03. The number of rotatable bonds is 3. The van der Waals surface area contributed by atoms with E-state index in [4.69, 9.17) is 0 Å². The number of anilines is 1. The van der Waals surface area contributed by atoms with Gasteiger partial charge >= 0.3 is 0 Å². The second-order valence-electron chi connectivity index (χ2n) is 4.46. The molecule has 96 valence electrons. The van der Waals surface area contributed by atoms with Crippen LogP contribution < -0.4 is 10.9 Å². The Morgan fingerprint density at radius 1 is 1.33 bits per heavy atom. The van der Waals surface area contributed by atoms with Crippen LogP contribution in [-0.4, -0.2) is 20.8 Å². The van der Waals surface area contributed by atoms with Gasteiger partial charge in [-0.25, -0.2) is 0 Å². The fraction of sp³-hybridized carbons (Fsp3) is 0.417. The van der Waals surface area contributed by atoms with Gasteiger partial charge in [-0.15, -0.1) is 10.2 Å². The molecule has 0 spiro atoms. The summed E-state index contributed by atoms with van der Waals surface area (Å²) < 4.78 is 1.62. The molecule has 0 aliphatic carbocycles. The molecule has 0 fully saturated rings. The highest BCUT2D eigenvalue weighted by Crippen LogP contribution is 2.24. The van der Waals surface area contributed by atoms with Gasteiger partial charge in [0.2, 0.25) is 5.13 Å². The van der Waals surface area contributed by atoms with E-state index < -0.39 is 0 Å². The summed E-state index contributed by atoms with van der Waals surface area (Å²) in [4.78, 5) is 12.1. The highest BCUT2D eigenvalue weighted by atomic mass is 32.1. The van der Waals surface area contributed by atoms with Crippen LogP contribution in [-0.2, 0) is 7.05 Å². The van der Waals surface area contributed by atoms with E-state index in [-0.39, 0.29) is 5.56 Å². The third-order valence-corrected chi connectivity index (χ3v) is 3.51. The lowest BCUT2D eigenvalue weighted by Crippen LogP contribution is -2.20. The number of aryl methyl sites for hydroxylation is 1. The molecule has 2 aromatic heterocycles. The minimum atomic E-state index is -0.0396. The van der Waals surface area contributed by atoms with E-state index in [1.165, 1.54) is 11.3 Å². The Morgan fingerprint density at radius 3 is 2.72 bits per heavy atom. The van der Waals surface area contributed by atoms with E-state index in [0.29, 0.717) is 16.6 Å². The highest BCUT2D eigenvalue weighted by molar-refractivity contribution is 7.18. The third kappa shape index (κ3) is 2.43. The second kappa shape index (κ2) is 4.89. The van der Waals surface area contributed by atoms with Gasteiger partial charge in [-0.2, -0.15) is 0 Å². The monoisotopic (exact) mass is 264 g/mol. The summed E-state index contributed by atoms with van der Waals surface area (Å²) >= 11 is 1.40. The molecular formula is C12H16N4OS. The van der Waals surface area contributed by atoms with Gasteiger partial charge in [0.25, 0.3) is 5.56 Å². The normalized spacial score (nSPS) is 10.9. The Labute approximate surface area is 110 Å². The maximum atomic E-state index is 12.1. The minimum absolute atomic E-state index is 0.0396. The van der Waals surface area contributed by atoms with Gasteiger partial charge in [-0.1, -0.05) is 11.3 Å². The van der Waals surface area contributed by atoms with Crippen LogP contribution >= 0.6 is 11.3 Å². The van der Waals surface area contributed by atoms with Crippen LogP contribution in [0.1, 0.15) is 19.5 Å². The van der Waals surface area contributed by atoms with Gasteiger partial charge < -0.3 is 9.88 Å². The summed E-state index contributed by atoms with van der Waals surface area (Å²) in [7, 11) is 1.76. The summed E-state index contributed by atoms with van der Waals surface area (Å²) in [6.45, 7) is 5.97. The highest BCUT2D eigenvalue weighted by Gasteiger charge is 2.12. The largest absolute Gasteiger partial charge is 0.358 e. The Kier molecular flexibility index (Phi) is 3.47. The summed E-state index contributed by atoms with van der Waals surface area (Å²) in [6.07, 6.45) is 0. The van der Waals surface area contributed by atoms with E-state index in [9.17, 15) is 4.79 Å². The molecule has 0 aliphatic rings. The van der Waals surface area contributed by atoms with Gasteiger partial charge in [-0.3, -0.25) is 4.79 Å². The van der Waals surface area contributed by atoms with E-state index >= 15 is 0 Å². The minimum Gasteiger partial charge on any atom is -0.358 e. The van der Waals surface area contributed by atoms with Crippen molar-refractivity contribution in [2.24, 2.45) is 7.05 Å². The Hall–Kier alpha value is -1.69. The van der Waals surface area contributed by atoms with Crippen molar-refractivity contribution in [1.29, 1.82) is 0 Å². The average molecular weight is 264 g/mol. The molecule has 1 N–H and O–H groups in total. The van der Waals surface area contributed by atoms with Crippen LogP contribution in [0.5, 0.6) is 0 Å². The van der Waals surface area contributed by atoms with Crippen molar-refractivity contribution < 1.29 is 0 Å². The molecule has 5 nitrogen and oxygen atoms in total. The lowest BCUT2D eigenvalue weighted by molar-refractivity contribution is 0.820. The number of nitrogens with one attached hydrogen (secondary N) is 1. The number of hydrogen-bond donors (Lipinski definition) is 1. The first-order valence-electron chi connectivity index (χ1n) is 5.76. The molecule has 0 bridgehead atoms. The first kappa shape index (κ1) is 12.8. The van der Waals surface area contributed by atoms with E-state index in [1.54, 1.807) is 17.7 Å². The first-order chi connectivity index (χ1) is 8.49. The molecular weight excluding hydrogens is 248 g/mol. The molecule has 0 radical (unpaired) electrons. The summed E-state index contributed by atoms with van der Waals surface area (Å²) in [5.74, 6) is 0. The standard InChI is InChI=1S/C12H16N4OS/c1-7(2)13-12-15-14-10(18-12)9-6-5-8(3)16(4)11(9)17/h5-7H,1-4H3,(H,13,15). The topological polar surface area (TPSA) is 59.8 Å². The predicted molar refractivity (Wildman–Crippen MR) is 74.1 cm³/mol. The number of nitrogens with zero attached hydrogens (tertiary/aromatic N) is 3. The number of hydrogen-bond acceptors (Lipinski definition) is 5. The van der Waals surface area contributed by atoms with Crippen molar-refractivity contribution >= 4 is 16.5 Å². The van der Waals surface area contributed by atoms with E-state index in [2.05, 4.69) is 15.5 Å². The first-order valence-corrected chi connectivity index (χ1v) is 6.57. The van der Waals surface area contributed by atoms with Crippen molar-refractivity contribution in [2.45, 2.75) is 26.8 Å². The summed E-state index contributed by atoms with van der Waals surface area (Å²) in [6, 6.07) is 4.01. The maximum Gasteiger partial charge on any atom is 0.260 e. The van der Waals surface area contributed by atoms with Crippen LogP contribution in [0, 0.1) is 6.92 Å². The van der Waals surface area contributed by atoms with Gasteiger partial charge in [0.15, 0.2) is 5.01 Å². The third-order valence-electron chi connectivity index (χ3n) is 2.62. The van der Waals surface area contributed by atoms with Crippen molar-refractivity contribution in [3.8, 4) is 10.6 Å². The molecule has 6 heteroatoms. The van der Waals surface area contributed by atoms with Crippen LogP contribution in [0.25, 0.3) is 10.6 Å². The Balaban J connectivity index is 2.41. The van der Waals surface area contributed by atoms with Gasteiger partial charge in [0.05, 0.1) is 5.56 Å². The molecule has 0 saturated carbocycles. The van der Waals surface area contributed by atoms with E-state index in [0.717, 1.165) is 10.8 Å². The summed E-state index contributed by atoms with van der Waals surface area (Å²) in [5.41, 5.74) is 1.48.